The third-order valence-electron chi connectivity index (χ3n) is 6.98. The van der Waals surface area contributed by atoms with Crippen molar-refractivity contribution >= 4 is 60.7 Å². The topological polar surface area (TPSA) is 232 Å². The van der Waals surface area contributed by atoms with E-state index in [0.29, 0.717) is 11.2 Å². The van der Waals surface area contributed by atoms with E-state index in [9.17, 15) is 9.46 Å². The maximum Gasteiger partial charge on any atom is 0.697 e. The second kappa shape index (κ2) is 10.7. The predicted molar refractivity (Wildman–Crippen MR) is 143 cm³/mol. The van der Waals surface area contributed by atoms with E-state index in [1.807, 2.05) is 0 Å². The van der Waals surface area contributed by atoms with Gasteiger partial charge < -0.3 is 30.4 Å². The maximum absolute atomic E-state index is 15.8. The quantitative estimate of drug-likeness (QED) is 0.259. The van der Waals surface area contributed by atoms with E-state index in [-0.39, 0.29) is 35.8 Å². The largest absolute Gasteiger partial charge is 0.697 e. The number of fused-ring (bicyclic) bond motifs is 6. The number of nitrogens with zero attached hydrogens (tertiary/aromatic N) is 8. The number of nitrogen functional groups attached to an aromatic ring is 2. The molecule has 0 aromatic carbocycles. The fourth-order valence-corrected chi connectivity index (χ4v) is 7.24. The Morgan fingerprint density at radius 3 is 2.26 bits per heavy atom. The number of hydrogen-bond donors (Lipinski definition) is 3. The smallest absolute Gasteiger partial charge is 0.382 e. The van der Waals surface area contributed by atoms with E-state index in [1.165, 1.54) is 29.9 Å². The van der Waals surface area contributed by atoms with E-state index in [4.69, 9.17) is 50.8 Å². The lowest BCUT2D eigenvalue weighted by Gasteiger charge is -2.26. The molecule has 42 heavy (non-hydrogen) atoms. The molecule has 4 aromatic rings. The molecular formula is C20H22FN10O8P2S+. The number of nitrogens with two attached hydrogens (primary N) is 2. The minimum Gasteiger partial charge on any atom is -0.382 e. The number of imidazole rings is 2. The number of rotatable bonds is 2. The predicted octanol–water partition coefficient (Wildman–Crippen LogP) is 1.04. The van der Waals surface area contributed by atoms with Gasteiger partial charge in [-0.2, -0.15) is 0 Å². The van der Waals surface area contributed by atoms with Crippen molar-refractivity contribution in [2.75, 3.05) is 24.7 Å². The third-order valence-corrected chi connectivity index (χ3v) is 9.34. The second-order valence-corrected chi connectivity index (χ2v) is 13.3. The molecule has 2 unspecified atom stereocenters. The van der Waals surface area contributed by atoms with Crippen LogP contribution in [0.15, 0.2) is 25.3 Å². The van der Waals surface area contributed by atoms with Crippen LogP contribution in [0.2, 0.25) is 0 Å². The van der Waals surface area contributed by atoms with Crippen LogP contribution in [0.1, 0.15) is 18.9 Å². The fraction of sp³-hybridized carbons (Fsp3) is 0.500. The van der Waals surface area contributed by atoms with Crippen LogP contribution in [-0.2, 0) is 43.9 Å². The van der Waals surface area contributed by atoms with E-state index < -0.39 is 64.6 Å². The average Bonchev–Trinajstić information content (AvgIpc) is 3.72. The lowest BCUT2D eigenvalue weighted by Crippen LogP contribution is -2.32. The van der Waals surface area contributed by atoms with Crippen molar-refractivity contribution in [2.24, 2.45) is 0 Å². The Kier molecular flexibility index (Phi) is 7.09. The summed E-state index contributed by atoms with van der Waals surface area (Å²) in [6, 6.07) is 0. The molecule has 7 rings (SSSR count). The van der Waals surface area contributed by atoms with Gasteiger partial charge in [0.05, 0.1) is 25.4 Å². The van der Waals surface area contributed by atoms with Crippen LogP contribution in [0.25, 0.3) is 22.3 Å². The van der Waals surface area contributed by atoms with Gasteiger partial charge in [0.25, 0.3) is 0 Å². The van der Waals surface area contributed by atoms with Crippen LogP contribution in [0.5, 0.6) is 0 Å². The number of alkyl halides is 1. The summed E-state index contributed by atoms with van der Waals surface area (Å²) in [5.74, 6) is 0.260. The van der Waals surface area contributed by atoms with E-state index in [0.717, 1.165) is 0 Å². The molecule has 5 N–H and O–H groups in total. The molecule has 0 saturated carbocycles. The van der Waals surface area contributed by atoms with E-state index >= 15 is 4.39 Å². The molecular weight excluding hydrogens is 621 g/mol. The highest BCUT2D eigenvalue weighted by atomic mass is 32.5. The molecule has 3 aliphatic rings. The molecule has 3 aliphatic heterocycles. The molecule has 3 fully saturated rings. The van der Waals surface area contributed by atoms with E-state index in [2.05, 4.69) is 29.9 Å². The molecule has 4 bridgehead atoms. The second-order valence-electron chi connectivity index (χ2n) is 9.56. The van der Waals surface area contributed by atoms with Gasteiger partial charge >= 0.3 is 15.0 Å². The molecule has 0 spiro atoms. The lowest BCUT2D eigenvalue weighted by atomic mass is 10.1. The van der Waals surface area contributed by atoms with Gasteiger partial charge in [-0.05, 0) is 11.8 Å². The molecule has 3 saturated heterocycles. The first-order chi connectivity index (χ1) is 20.2. The highest BCUT2D eigenvalue weighted by molar-refractivity contribution is 8.07. The first-order valence-electron chi connectivity index (χ1n) is 12.4. The van der Waals surface area contributed by atoms with Gasteiger partial charge in [-0.15, -0.1) is 9.05 Å². The zero-order valence-corrected chi connectivity index (χ0v) is 23.8. The van der Waals surface area contributed by atoms with Gasteiger partial charge in [-0.3, -0.25) is 13.7 Å². The number of aromatic nitrogens is 8. The number of ether oxygens (including phenoxy) is 2. The summed E-state index contributed by atoms with van der Waals surface area (Å²) in [5.41, 5.74) is 12.9. The Morgan fingerprint density at radius 1 is 0.952 bits per heavy atom. The number of halogens is 1. The van der Waals surface area contributed by atoms with Crippen LogP contribution < -0.4 is 11.5 Å². The Bertz CT molecular complexity index is 1730. The minimum absolute atomic E-state index is 0.0991. The summed E-state index contributed by atoms with van der Waals surface area (Å²) in [4.78, 5) is 35.6. The van der Waals surface area contributed by atoms with Gasteiger partial charge in [0.1, 0.15) is 42.5 Å². The summed E-state index contributed by atoms with van der Waals surface area (Å²) >= 11 is 5.24. The summed E-state index contributed by atoms with van der Waals surface area (Å²) in [6.45, 7) is -4.84. The molecule has 222 valence electrons. The van der Waals surface area contributed by atoms with Crippen molar-refractivity contribution in [1.29, 1.82) is 0 Å². The summed E-state index contributed by atoms with van der Waals surface area (Å²) in [6.07, 6.45) is -3.01. The Hall–Kier alpha value is -2.90. The van der Waals surface area contributed by atoms with Crippen molar-refractivity contribution in [3.63, 3.8) is 0 Å². The molecule has 18 nitrogen and oxygen atoms in total. The highest BCUT2D eigenvalue weighted by Crippen LogP contribution is 2.52. The number of hydrogen-bond acceptors (Lipinski definition) is 16. The van der Waals surface area contributed by atoms with Crippen LogP contribution in [0.3, 0.4) is 0 Å². The van der Waals surface area contributed by atoms with Gasteiger partial charge in [0.2, 0.25) is 0 Å². The molecule has 0 amide bonds. The highest BCUT2D eigenvalue weighted by Gasteiger charge is 2.52. The lowest BCUT2D eigenvalue weighted by molar-refractivity contribution is -0.0583. The summed E-state index contributed by atoms with van der Waals surface area (Å²) in [7, 11) is -2.78. The van der Waals surface area contributed by atoms with Crippen LogP contribution in [0.4, 0.5) is 16.0 Å². The molecule has 22 heteroatoms. The molecule has 9 atom stereocenters. The molecule has 0 aliphatic carbocycles. The summed E-state index contributed by atoms with van der Waals surface area (Å²) < 4.78 is 66.0. The molecule has 0 radical (unpaired) electrons. The first-order valence-corrected chi connectivity index (χ1v) is 16.1. The van der Waals surface area contributed by atoms with Crippen LogP contribution in [0, 0.1) is 0 Å². The first kappa shape index (κ1) is 27.9. The van der Waals surface area contributed by atoms with Crippen LogP contribution >= 0.6 is 15.0 Å². The van der Waals surface area contributed by atoms with Gasteiger partial charge in [-0.25, -0.2) is 34.3 Å². The van der Waals surface area contributed by atoms with Gasteiger partial charge in [0.15, 0.2) is 47.7 Å². The fourth-order valence-electron chi connectivity index (χ4n) is 5.08. The monoisotopic (exact) mass is 643 g/mol. The Balaban J connectivity index is 1.18. The van der Waals surface area contributed by atoms with Gasteiger partial charge in [0, 0.05) is 11.0 Å². The van der Waals surface area contributed by atoms with Gasteiger partial charge in [-0.1, -0.05) is 0 Å². The van der Waals surface area contributed by atoms with Crippen molar-refractivity contribution in [3.8, 4) is 0 Å². The minimum atomic E-state index is -4.08. The zero-order chi connectivity index (χ0) is 29.2. The van der Waals surface area contributed by atoms with Crippen molar-refractivity contribution < 1.29 is 41.4 Å². The normalized spacial score (nSPS) is 35.1. The van der Waals surface area contributed by atoms with Crippen molar-refractivity contribution in [2.45, 2.75) is 49.5 Å². The SMILES string of the molecule is Nc1ncnc2c1ncn2[C@@H]1O[C@@H]2CO[P+](=O)O[C@@H]3C[C@@H](COP(O)(=S)O[C@@H]1[C@@H]2F)O[C@H]3n1cnc2c(N)ncnc21. The molecule has 7 heterocycles. The standard InChI is InChI=1S/C20H21FN10O8P2S/c21-11-10-3-34-40(32)38-9-1-8(36-19(9)30-6-28-12-15(22)24-4-26-17(12)30)2-35-41(33,42)39-14(11)20(37-10)31-7-29-13-16(23)25-5-27-18(13)31/h4-11,14,19-20H,1-3H2,(H4-,22,23,24,25,26,27,33,42)/p+1/t8-,9+,10+,11+,14+,19+,20+,41?/m0/s1. The van der Waals surface area contributed by atoms with Crippen molar-refractivity contribution in [1.82, 2.24) is 39.0 Å². The average molecular weight is 643 g/mol. The van der Waals surface area contributed by atoms with Crippen LogP contribution in [-0.4, -0.2) is 87.7 Å². The third kappa shape index (κ3) is 4.92. The summed E-state index contributed by atoms with van der Waals surface area (Å²) in [5, 5.41) is 0. The Morgan fingerprint density at radius 2 is 1.60 bits per heavy atom. The molecule has 4 aromatic heterocycles. The Labute approximate surface area is 240 Å². The maximum atomic E-state index is 15.8. The van der Waals surface area contributed by atoms with Crippen molar-refractivity contribution in [3.05, 3.63) is 25.3 Å². The zero-order valence-electron chi connectivity index (χ0n) is 21.2. The number of anilines is 2. The van der Waals surface area contributed by atoms with E-state index in [1.54, 1.807) is 4.57 Å².